The molecule has 1 fully saturated rings. The van der Waals surface area contributed by atoms with Gasteiger partial charge in [0.05, 0.1) is 5.56 Å². The molecule has 0 aromatic carbocycles. The molecule has 1 aromatic heterocycles. The van der Waals surface area contributed by atoms with Crippen LogP contribution in [0.2, 0.25) is 0 Å². The van der Waals surface area contributed by atoms with Crippen LogP contribution in [0.25, 0.3) is 0 Å². The van der Waals surface area contributed by atoms with Gasteiger partial charge in [-0.15, -0.1) is 0 Å². The number of aromatic nitrogens is 2. The number of alkyl halides is 3. The first-order valence-electron chi connectivity index (χ1n) is 5.67. The van der Waals surface area contributed by atoms with Crippen LogP contribution in [0, 0.1) is 0 Å². The standard InChI is InChI=1S/C11H14F3N3/c12-11(13,14)9-6-16-10(17-7-9)8-2-1-4-15-5-3-8/h6-8,15H,1-5H2. The van der Waals surface area contributed by atoms with Crippen molar-refractivity contribution in [3.8, 4) is 0 Å². The molecule has 2 rings (SSSR count). The largest absolute Gasteiger partial charge is 0.419 e. The molecule has 0 saturated carbocycles. The monoisotopic (exact) mass is 245 g/mol. The molecule has 2 heterocycles. The van der Waals surface area contributed by atoms with Crippen LogP contribution in [0.3, 0.4) is 0 Å². The molecule has 1 unspecified atom stereocenters. The summed E-state index contributed by atoms with van der Waals surface area (Å²) in [6.07, 6.45) is 0.212. The first kappa shape index (κ1) is 12.3. The molecule has 1 saturated heterocycles. The molecule has 1 aliphatic heterocycles. The molecule has 1 atom stereocenters. The number of halogens is 3. The molecular weight excluding hydrogens is 231 g/mol. The lowest BCUT2D eigenvalue weighted by Crippen LogP contribution is -2.14. The van der Waals surface area contributed by atoms with E-state index in [1.54, 1.807) is 0 Å². The molecule has 0 bridgehead atoms. The predicted octanol–water partition coefficient (Wildman–Crippen LogP) is 2.35. The molecule has 0 amide bonds. The fourth-order valence-electron chi connectivity index (χ4n) is 1.97. The fourth-order valence-corrected chi connectivity index (χ4v) is 1.97. The molecule has 6 heteroatoms. The van der Waals surface area contributed by atoms with Gasteiger partial charge in [0.25, 0.3) is 0 Å². The number of rotatable bonds is 1. The quantitative estimate of drug-likeness (QED) is 0.825. The predicted molar refractivity (Wildman–Crippen MR) is 56.5 cm³/mol. The van der Waals surface area contributed by atoms with Crippen LogP contribution in [0.1, 0.15) is 36.6 Å². The van der Waals surface area contributed by atoms with Gasteiger partial charge in [-0.1, -0.05) is 0 Å². The molecule has 17 heavy (non-hydrogen) atoms. The van der Waals surface area contributed by atoms with Crippen molar-refractivity contribution in [2.24, 2.45) is 0 Å². The van der Waals surface area contributed by atoms with Gasteiger partial charge in [-0.05, 0) is 32.4 Å². The molecule has 1 N–H and O–H groups in total. The fraction of sp³-hybridized carbons (Fsp3) is 0.636. The summed E-state index contributed by atoms with van der Waals surface area (Å²) < 4.78 is 37.0. The van der Waals surface area contributed by atoms with Crippen molar-refractivity contribution >= 4 is 0 Å². The normalized spacial score (nSPS) is 22.2. The highest BCUT2D eigenvalue weighted by Crippen LogP contribution is 2.29. The van der Waals surface area contributed by atoms with E-state index >= 15 is 0 Å². The van der Waals surface area contributed by atoms with Gasteiger partial charge in [-0.2, -0.15) is 13.2 Å². The molecule has 94 valence electrons. The van der Waals surface area contributed by atoms with Gasteiger partial charge in [0, 0.05) is 18.3 Å². The lowest BCUT2D eigenvalue weighted by Gasteiger charge is -2.12. The van der Waals surface area contributed by atoms with E-state index in [1.165, 1.54) is 0 Å². The van der Waals surface area contributed by atoms with E-state index in [0.29, 0.717) is 5.82 Å². The molecule has 1 aromatic rings. The van der Waals surface area contributed by atoms with Gasteiger partial charge in [0.2, 0.25) is 0 Å². The third kappa shape index (κ3) is 3.15. The number of nitrogens with one attached hydrogen (secondary N) is 1. The average Bonchev–Trinajstić information content (AvgIpc) is 2.56. The van der Waals surface area contributed by atoms with Crippen LogP contribution in [0.15, 0.2) is 12.4 Å². The smallest absolute Gasteiger partial charge is 0.317 e. The summed E-state index contributed by atoms with van der Waals surface area (Å²) in [5, 5.41) is 3.25. The Morgan fingerprint density at radius 2 is 1.82 bits per heavy atom. The van der Waals surface area contributed by atoms with Crippen molar-refractivity contribution < 1.29 is 13.2 Å². The third-order valence-corrected chi connectivity index (χ3v) is 2.94. The summed E-state index contributed by atoms with van der Waals surface area (Å²) in [6.45, 7) is 1.83. The highest BCUT2D eigenvalue weighted by Gasteiger charge is 2.31. The lowest BCUT2D eigenvalue weighted by molar-refractivity contribution is -0.138. The third-order valence-electron chi connectivity index (χ3n) is 2.94. The van der Waals surface area contributed by atoms with Gasteiger partial charge >= 0.3 is 6.18 Å². The van der Waals surface area contributed by atoms with E-state index in [2.05, 4.69) is 15.3 Å². The maximum Gasteiger partial charge on any atom is 0.419 e. The molecular formula is C11H14F3N3. The Labute approximate surface area is 97.5 Å². The van der Waals surface area contributed by atoms with E-state index < -0.39 is 11.7 Å². The Balaban J connectivity index is 2.11. The van der Waals surface area contributed by atoms with E-state index in [-0.39, 0.29) is 5.92 Å². The van der Waals surface area contributed by atoms with Gasteiger partial charge in [0.15, 0.2) is 0 Å². The van der Waals surface area contributed by atoms with Crippen LogP contribution in [0.4, 0.5) is 13.2 Å². The Bertz CT molecular complexity index is 353. The van der Waals surface area contributed by atoms with Gasteiger partial charge in [0.1, 0.15) is 5.82 Å². The van der Waals surface area contributed by atoms with Crippen molar-refractivity contribution in [3.05, 3.63) is 23.8 Å². The SMILES string of the molecule is FC(F)(F)c1cnc(C2CCCNCC2)nc1. The number of nitrogens with zero attached hydrogens (tertiary/aromatic N) is 2. The van der Waals surface area contributed by atoms with Gasteiger partial charge in [-0.25, -0.2) is 9.97 Å². The second-order valence-electron chi connectivity index (χ2n) is 4.21. The van der Waals surface area contributed by atoms with Crippen LogP contribution >= 0.6 is 0 Å². The molecule has 1 aliphatic rings. The van der Waals surface area contributed by atoms with E-state index in [0.717, 1.165) is 44.7 Å². The van der Waals surface area contributed by atoms with Gasteiger partial charge < -0.3 is 5.32 Å². The summed E-state index contributed by atoms with van der Waals surface area (Å²) in [6, 6.07) is 0. The maximum atomic E-state index is 12.3. The van der Waals surface area contributed by atoms with Crippen molar-refractivity contribution in [1.82, 2.24) is 15.3 Å². The second-order valence-corrected chi connectivity index (χ2v) is 4.21. The minimum Gasteiger partial charge on any atom is -0.317 e. The zero-order valence-corrected chi connectivity index (χ0v) is 9.30. The highest BCUT2D eigenvalue weighted by atomic mass is 19.4. The first-order chi connectivity index (χ1) is 8.07. The first-order valence-corrected chi connectivity index (χ1v) is 5.67. The zero-order chi connectivity index (χ0) is 12.3. The van der Waals surface area contributed by atoms with Crippen molar-refractivity contribution in [2.75, 3.05) is 13.1 Å². The van der Waals surface area contributed by atoms with Crippen molar-refractivity contribution in [3.63, 3.8) is 0 Å². The molecule has 0 radical (unpaired) electrons. The topological polar surface area (TPSA) is 37.8 Å². The molecule has 3 nitrogen and oxygen atoms in total. The summed E-state index contributed by atoms with van der Waals surface area (Å²) in [5.74, 6) is 0.703. The highest BCUT2D eigenvalue weighted by molar-refractivity contribution is 5.11. The van der Waals surface area contributed by atoms with Crippen LogP contribution in [-0.2, 0) is 6.18 Å². The zero-order valence-electron chi connectivity index (χ0n) is 9.30. The van der Waals surface area contributed by atoms with E-state index in [1.807, 2.05) is 0 Å². The van der Waals surface area contributed by atoms with E-state index in [9.17, 15) is 13.2 Å². The summed E-state index contributed by atoms with van der Waals surface area (Å²) >= 11 is 0. The lowest BCUT2D eigenvalue weighted by atomic mass is 10.00. The Hall–Kier alpha value is -1.17. The summed E-state index contributed by atoms with van der Waals surface area (Å²) in [5.41, 5.74) is -0.784. The van der Waals surface area contributed by atoms with Crippen LogP contribution in [-0.4, -0.2) is 23.1 Å². The Kier molecular flexibility index (Phi) is 3.61. The minimum absolute atomic E-state index is 0.173. The van der Waals surface area contributed by atoms with E-state index in [4.69, 9.17) is 0 Å². The van der Waals surface area contributed by atoms with Crippen LogP contribution in [0.5, 0.6) is 0 Å². The maximum absolute atomic E-state index is 12.3. The van der Waals surface area contributed by atoms with Gasteiger partial charge in [-0.3, -0.25) is 0 Å². The average molecular weight is 245 g/mol. The van der Waals surface area contributed by atoms with Crippen molar-refractivity contribution in [2.45, 2.75) is 31.4 Å². The summed E-state index contributed by atoms with van der Waals surface area (Å²) in [4.78, 5) is 7.70. The minimum atomic E-state index is -4.36. The second kappa shape index (κ2) is 5.00. The Morgan fingerprint density at radius 3 is 2.47 bits per heavy atom. The number of hydrogen-bond donors (Lipinski definition) is 1. The molecule has 0 aliphatic carbocycles. The molecule has 0 spiro atoms. The summed E-state index contributed by atoms with van der Waals surface area (Å²) in [7, 11) is 0. The van der Waals surface area contributed by atoms with Crippen LogP contribution < -0.4 is 5.32 Å². The number of hydrogen-bond acceptors (Lipinski definition) is 3. The van der Waals surface area contributed by atoms with Crippen molar-refractivity contribution in [1.29, 1.82) is 0 Å². The Morgan fingerprint density at radius 1 is 1.12 bits per heavy atom.